The maximum absolute atomic E-state index is 5.82. The van der Waals surface area contributed by atoms with Crippen molar-refractivity contribution in [3.8, 4) is 0 Å². The van der Waals surface area contributed by atoms with Crippen LogP contribution in [0.4, 0.5) is 5.95 Å². The fraction of sp³-hybridized carbons (Fsp3) is 0.789. The van der Waals surface area contributed by atoms with Crippen molar-refractivity contribution in [1.82, 2.24) is 14.9 Å². The Labute approximate surface area is 147 Å². The Kier molecular flexibility index (Phi) is 6.21. The molecule has 1 aliphatic heterocycles. The molecule has 2 heterocycles. The van der Waals surface area contributed by atoms with Crippen LogP contribution in [0.25, 0.3) is 0 Å². The number of rotatable bonds is 5. The third-order valence-electron chi connectivity index (χ3n) is 4.02. The molecule has 0 amide bonds. The summed E-state index contributed by atoms with van der Waals surface area (Å²) < 4.78 is 5.82. The Morgan fingerprint density at radius 1 is 0.958 bits per heavy atom. The molecule has 0 radical (unpaired) electrons. The van der Waals surface area contributed by atoms with Crippen molar-refractivity contribution < 1.29 is 4.74 Å². The lowest BCUT2D eigenvalue weighted by molar-refractivity contribution is -0.0135. The SMILES string of the molecule is CC(C)(C)Cc1cnc(N2CCN(CCOC(C)(C)C)CC2)nc1. The molecule has 0 unspecified atom stereocenters. The van der Waals surface area contributed by atoms with E-state index >= 15 is 0 Å². The van der Waals surface area contributed by atoms with Gasteiger partial charge in [0.2, 0.25) is 5.95 Å². The van der Waals surface area contributed by atoms with Crippen molar-refractivity contribution in [2.45, 2.75) is 53.6 Å². The van der Waals surface area contributed by atoms with Gasteiger partial charge in [-0.15, -0.1) is 0 Å². The number of ether oxygens (including phenoxy) is 1. The second kappa shape index (κ2) is 7.79. The van der Waals surface area contributed by atoms with E-state index in [1.54, 1.807) is 0 Å². The average molecular weight is 335 g/mol. The van der Waals surface area contributed by atoms with Crippen molar-refractivity contribution >= 4 is 5.95 Å². The van der Waals surface area contributed by atoms with Crippen LogP contribution >= 0.6 is 0 Å². The third kappa shape index (κ3) is 6.73. The Balaban J connectivity index is 1.78. The Morgan fingerprint density at radius 2 is 1.54 bits per heavy atom. The highest BCUT2D eigenvalue weighted by Crippen LogP contribution is 2.20. The number of nitrogens with zero attached hydrogens (tertiary/aromatic N) is 4. The van der Waals surface area contributed by atoms with E-state index in [-0.39, 0.29) is 11.0 Å². The van der Waals surface area contributed by atoms with Crippen molar-refractivity contribution in [3.63, 3.8) is 0 Å². The van der Waals surface area contributed by atoms with Crippen LogP contribution in [0.5, 0.6) is 0 Å². The van der Waals surface area contributed by atoms with E-state index < -0.39 is 0 Å². The minimum atomic E-state index is -0.0511. The van der Waals surface area contributed by atoms with E-state index in [1.807, 2.05) is 12.4 Å². The molecule has 2 rings (SSSR count). The lowest BCUT2D eigenvalue weighted by Crippen LogP contribution is -2.48. The van der Waals surface area contributed by atoms with Gasteiger partial charge < -0.3 is 9.64 Å². The lowest BCUT2D eigenvalue weighted by atomic mass is 9.89. The monoisotopic (exact) mass is 334 g/mol. The van der Waals surface area contributed by atoms with Gasteiger partial charge >= 0.3 is 0 Å². The van der Waals surface area contributed by atoms with E-state index in [0.29, 0.717) is 0 Å². The van der Waals surface area contributed by atoms with Crippen LogP contribution in [0.2, 0.25) is 0 Å². The van der Waals surface area contributed by atoms with Crippen LogP contribution in [0.3, 0.4) is 0 Å². The van der Waals surface area contributed by atoms with Gasteiger partial charge in [0, 0.05) is 45.1 Å². The third-order valence-corrected chi connectivity index (χ3v) is 4.02. The predicted octanol–water partition coefficient (Wildman–Crippen LogP) is 3.00. The largest absolute Gasteiger partial charge is 0.375 e. The topological polar surface area (TPSA) is 41.5 Å². The van der Waals surface area contributed by atoms with Gasteiger partial charge in [0.1, 0.15) is 0 Å². The number of hydrogen-bond donors (Lipinski definition) is 0. The smallest absolute Gasteiger partial charge is 0.225 e. The van der Waals surface area contributed by atoms with Gasteiger partial charge in [-0.1, -0.05) is 20.8 Å². The normalized spacial score (nSPS) is 17.3. The van der Waals surface area contributed by atoms with Crippen LogP contribution in [0.1, 0.15) is 47.1 Å². The van der Waals surface area contributed by atoms with Crippen molar-refractivity contribution in [2.24, 2.45) is 5.41 Å². The number of anilines is 1. The van der Waals surface area contributed by atoms with Crippen LogP contribution in [0.15, 0.2) is 12.4 Å². The zero-order valence-electron chi connectivity index (χ0n) is 16.3. The van der Waals surface area contributed by atoms with Crippen LogP contribution in [-0.2, 0) is 11.2 Å². The van der Waals surface area contributed by atoms with Gasteiger partial charge in [-0.3, -0.25) is 4.90 Å². The van der Waals surface area contributed by atoms with Gasteiger partial charge in [-0.2, -0.15) is 0 Å². The standard InChI is InChI=1S/C19H34N4O/c1-18(2,3)13-16-14-20-17(21-15-16)23-9-7-22(8-10-23)11-12-24-19(4,5)6/h14-15H,7-13H2,1-6H3. The Bertz CT molecular complexity index is 494. The zero-order chi connectivity index (χ0) is 17.8. The highest BCUT2D eigenvalue weighted by Gasteiger charge is 2.20. The van der Waals surface area contributed by atoms with Gasteiger partial charge in [-0.05, 0) is 38.2 Å². The summed E-state index contributed by atoms with van der Waals surface area (Å²) in [6, 6.07) is 0. The molecule has 24 heavy (non-hydrogen) atoms. The molecule has 0 bridgehead atoms. The van der Waals surface area contributed by atoms with Crippen LogP contribution < -0.4 is 4.90 Å². The summed E-state index contributed by atoms with van der Waals surface area (Å²) in [6.45, 7) is 18.9. The maximum Gasteiger partial charge on any atom is 0.225 e. The molecule has 0 aromatic carbocycles. The first-order valence-corrected chi connectivity index (χ1v) is 9.05. The molecule has 5 nitrogen and oxygen atoms in total. The molecule has 5 heteroatoms. The lowest BCUT2D eigenvalue weighted by Gasteiger charge is -2.35. The highest BCUT2D eigenvalue weighted by molar-refractivity contribution is 5.30. The molecule has 0 aliphatic carbocycles. The van der Waals surface area contributed by atoms with Crippen LogP contribution in [0, 0.1) is 5.41 Å². The van der Waals surface area contributed by atoms with Crippen molar-refractivity contribution in [1.29, 1.82) is 0 Å². The fourth-order valence-electron chi connectivity index (χ4n) is 2.87. The van der Waals surface area contributed by atoms with E-state index in [2.05, 4.69) is 61.3 Å². The van der Waals surface area contributed by atoms with Crippen molar-refractivity contribution in [2.75, 3.05) is 44.2 Å². The minimum absolute atomic E-state index is 0.0511. The number of aromatic nitrogens is 2. The summed E-state index contributed by atoms with van der Waals surface area (Å²) in [4.78, 5) is 13.9. The summed E-state index contributed by atoms with van der Waals surface area (Å²) >= 11 is 0. The van der Waals surface area contributed by atoms with Crippen molar-refractivity contribution in [3.05, 3.63) is 18.0 Å². The molecule has 1 aliphatic rings. The summed E-state index contributed by atoms with van der Waals surface area (Å²) in [5, 5.41) is 0. The van der Waals surface area contributed by atoms with E-state index in [1.165, 1.54) is 5.56 Å². The molecule has 0 spiro atoms. The molecule has 1 fully saturated rings. The summed E-state index contributed by atoms with van der Waals surface area (Å²) in [7, 11) is 0. The second-order valence-electron chi connectivity index (χ2n) is 8.92. The quantitative estimate of drug-likeness (QED) is 0.828. The summed E-state index contributed by atoms with van der Waals surface area (Å²) in [5.41, 5.74) is 1.43. The van der Waals surface area contributed by atoms with Gasteiger partial charge in [-0.25, -0.2) is 9.97 Å². The highest BCUT2D eigenvalue weighted by atomic mass is 16.5. The Hall–Kier alpha value is -1.20. The molecule has 1 aromatic rings. The molecule has 0 atom stereocenters. The van der Waals surface area contributed by atoms with Gasteiger partial charge in [0.15, 0.2) is 0 Å². The first-order valence-electron chi connectivity index (χ1n) is 9.05. The number of hydrogen-bond acceptors (Lipinski definition) is 5. The summed E-state index contributed by atoms with van der Waals surface area (Å²) in [5.74, 6) is 0.859. The Morgan fingerprint density at radius 3 is 2.04 bits per heavy atom. The zero-order valence-corrected chi connectivity index (χ0v) is 16.3. The predicted molar refractivity (Wildman–Crippen MR) is 99.5 cm³/mol. The number of piperazine rings is 1. The first kappa shape index (κ1) is 19.1. The molecule has 1 saturated heterocycles. The van der Waals surface area contributed by atoms with Crippen LogP contribution in [-0.4, -0.2) is 59.8 Å². The molecule has 136 valence electrons. The minimum Gasteiger partial charge on any atom is -0.375 e. The molecular weight excluding hydrogens is 300 g/mol. The average Bonchev–Trinajstić information content (AvgIpc) is 2.46. The molecule has 0 N–H and O–H groups in total. The fourth-order valence-corrected chi connectivity index (χ4v) is 2.87. The van der Waals surface area contributed by atoms with E-state index in [4.69, 9.17) is 4.74 Å². The second-order valence-corrected chi connectivity index (χ2v) is 8.92. The van der Waals surface area contributed by atoms with Gasteiger partial charge in [0.25, 0.3) is 0 Å². The van der Waals surface area contributed by atoms with Gasteiger partial charge in [0.05, 0.1) is 12.2 Å². The maximum atomic E-state index is 5.82. The van der Waals surface area contributed by atoms with E-state index in [0.717, 1.165) is 51.7 Å². The summed E-state index contributed by atoms with van der Waals surface area (Å²) in [6.07, 6.45) is 4.98. The van der Waals surface area contributed by atoms with E-state index in [9.17, 15) is 0 Å². The molecule has 0 saturated carbocycles. The molecule has 1 aromatic heterocycles. The molecular formula is C19H34N4O. The first-order chi connectivity index (χ1) is 11.1.